The van der Waals surface area contributed by atoms with Crippen molar-refractivity contribution in [2.75, 3.05) is 0 Å². The number of halogens is 3. The molecule has 3 nitrogen and oxygen atoms in total. The zero-order valence-electron chi connectivity index (χ0n) is 15.9. The molecule has 0 aromatic heterocycles. The van der Waals surface area contributed by atoms with E-state index in [1.807, 2.05) is 0 Å². The fraction of sp³-hybridized carbons (Fsp3) is 0.667. The Hall–Kier alpha value is -1.72. The Morgan fingerprint density at radius 3 is 2.59 bits per heavy atom. The molecule has 2 unspecified atom stereocenters. The van der Waals surface area contributed by atoms with Crippen LogP contribution in [-0.2, 0) is 22.4 Å². The van der Waals surface area contributed by atoms with Gasteiger partial charge in [0.05, 0.1) is 5.92 Å². The summed E-state index contributed by atoms with van der Waals surface area (Å²) >= 11 is 0. The molecule has 0 bridgehead atoms. The summed E-state index contributed by atoms with van der Waals surface area (Å²) in [5.74, 6) is -1.16. The summed E-state index contributed by atoms with van der Waals surface area (Å²) in [6.07, 6.45) is -0.0926. The van der Waals surface area contributed by atoms with Crippen molar-refractivity contribution in [2.24, 2.45) is 5.92 Å². The van der Waals surface area contributed by atoms with E-state index in [0.29, 0.717) is 25.7 Å². The minimum absolute atomic E-state index is 0.158. The maximum absolute atomic E-state index is 13.3. The molecule has 2 atom stereocenters. The molecular weight excluding hydrogens is 357 g/mol. The molecule has 1 N–H and O–H groups in total. The van der Waals surface area contributed by atoms with Crippen LogP contribution in [0.3, 0.4) is 0 Å². The van der Waals surface area contributed by atoms with Gasteiger partial charge in [-0.1, -0.05) is 45.1 Å². The summed E-state index contributed by atoms with van der Waals surface area (Å²) in [7, 11) is 0. The number of rotatable bonds is 9. The van der Waals surface area contributed by atoms with Crippen molar-refractivity contribution in [3.05, 3.63) is 29.3 Å². The molecular formula is C21H29F3O3. The van der Waals surface area contributed by atoms with E-state index in [1.165, 1.54) is 6.07 Å². The van der Waals surface area contributed by atoms with Gasteiger partial charge < -0.3 is 9.84 Å². The first-order valence-electron chi connectivity index (χ1n) is 9.89. The SMILES string of the molecule is CCCCCCCCC(OC(=O)C1CCc2cc(O)ccc2C1)C(F)(F)F. The summed E-state index contributed by atoms with van der Waals surface area (Å²) in [4.78, 5) is 12.3. The topological polar surface area (TPSA) is 46.5 Å². The van der Waals surface area contributed by atoms with E-state index >= 15 is 0 Å². The largest absolute Gasteiger partial charge is 0.508 e. The van der Waals surface area contributed by atoms with Crippen LogP contribution < -0.4 is 0 Å². The highest BCUT2D eigenvalue weighted by atomic mass is 19.4. The molecule has 1 aliphatic carbocycles. The number of esters is 1. The van der Waals surface area contributed by atoms with Crippen LogP contribution in [0.1, 0.15) is 69.4 Å². The molecule has 0 heterocycles. The van der Waals surface area contributed by atoms with Crippen LogP contribution in [0, 0.1) is 5.92 Å². The number of aryl methyl sites for hydroxylation is 1. The molecule has 0 radical (unpaired) electrons. The molecule has 152 valence electrons. The summed E-state index contributed by atoms with van der Waals surface area (Å²) < 4.78 is 44.7. The normalized spacial score (nSPS) is 18.0. The molecule has 1 aromatic rings. The van der Waals surface area contributed by atoms with Gasteiger partial charge in [0.15, 0.2) is 6.10 Å². The maximum Gasteiger partial charge on any atom is 0.425 e. The van der Waals surface area contributed by atoms with E-state index in [4.69, 9.17) is 4.74 Å². The number of carbonyl (C=O) groups is 1. The van der Waals surface area contributed by atoms with Crippen molar-refractivity contribution in [1.82, 2.24) is 0 Å². The van der Waals surface area contributed by atoms with Gasteiger partial charge in [-0.2, -0.15) is 13.2 Å². The first kappa shape index (κ1) is 21.6. The molecule has 2 rings (SSSR count). The van der Waals surface area contributed by atoms with Gasteiger partial charge in [-0.3, -0.25) is 4.79 Å². The number of benzene rings is 1. The van der Waals surface area contributed by atoms with Gasteiger partial charge in [0, 0.05) is 0 Å². The minimum Gasteiger partial charge on any atom is -0.508 e. The predicted molar refractivity (Wildman–Crippen MR) is 97.5 cm³/mol. The Balaban J connectivity index is 1.87. The van der Waals surface area contributed by atoms with Gasteiger partial charge in [0.25, 0.3) is 0 Å². The van der Waals surface area contributed by atoms with Crippen molar-refractivity contribution in [3.8, 4) is 5.75 Å². The minimum atomic E-state index is -4.53. The second-order valence-electron chi connectivity index (χ2n) is 7.42. The Morgan fingerprint density at radius 2 is 1.89 bits per heavy atom. The molecule has 1 aromatic carbocycles. The molecule has 0 saturated carbocycles. The predicted octanol–water partition coefficient (Wildman–Crippen LogP) is 5.72. The molecule has 27 heavy (non-hydrogen) atoms. The van der Waals surface area contributed by atoms with E-state index in [0.717, 1.165) is 43.2 Å². The second kappa shape index (κ2) is 10.00. The van der Waals surface area contributed by atoms with Crippen molar-refractivity contribution in [3.63, 3.8) is 0 Å². The number of unbranched alkanes of at least 4 members (excludes halogenated alkanes) is 5. The number of carbonyl (C=O) groups excluding carboxylic acids is 1. The number of alkyl halides is 3. The molecule has 0 fully saturated rings. The maximum atomic E-state index is 13.3. The van der Waals surface area contributed by atoms with Crippen LogP contribution in [0.5, 0.6) is 5.75 Å². The van der Waals surface area contributed by atoms with Crippen molar-refractivity contribution in [1.29, 1.82) is 0 Å². The Kier molecular flexibility index (Phi) is 7.99. The highest BCUT2D eigenvalue weighted by Gasteiger charge is 2.43. The quantitative estimate of drug-likeness (QED) is 0.436. The summed E-state index contributed by atoms with van der Waals surface area (Å²) in [5.41, 5.74) is 1.83. The number of fused-ring (bicyclic) bond motifs is 1. The number of ether oxygens (including phenoxy) is 1. The summed E-state index contributed by atoms with van der Waals surface area (Å²) in [5, 5.41) is 9.51. The third-order valence-corrected chi connectivity index (χ3v) is 5.19. The molecule has 0 aliphatic heterocycles. The lowest BCUT2D eigenvalue weighted by molar-refractivity contribution is -0.225. The average molecular weight is 386 g/mol. The zero-order chi connectivity index (χ0) is 19.9. The Bertz CT molecular complexity index is 613. The van der Waals surface area contributed by atoms with Crippen LogP contribution in [0.4, 0.5) is 13.2 Å². The van der Waals surface area contributed by atoms with Crippen LogP contribution in [0.15, 0.2) is 18.2 Å². The Labute approximate surface area is 158 Å². The number of phenolic OH excluding ortho intramolecular Hbond substituents is 1. The van der Waals surface area contributed by atoms with Gasteiger partial charge in [-0.25, -0.2) is 0 Å². The Morgan fingerprint density at radius 1 is 1.19 bits per heavy atom. The summed E-state index contributed by atoms with van der Waals surface area (Å²) in [6.45, 7) is 2.09. The first-order valence-corrected chi connectivity index (χ1v) is 9.89. The number of hydrogen-bond donors (Lipinski definition) is 1. The van der Waals surface area contributed by atoms with Crippen molar-refractivity contribution < 1.29 is 27.8 Å². The standard InChI is InChI=1S/C21H29F3O3/c1-2-3-4-5-6-7-8-19(21(22,23)24)27-20(26)17-10-9-16-14-18(25)12-11-15(16)13-17/h11-12,14,17,19,25H,2-10,13H2,1H3. The van der Waals surface area contributed by atoms with E-state index < -0.39 is 24.2 Å². The molecule has 1 aliphatic rings. The van der Waals surface area contributed by atoms with Gasteiger partial charge in [-0.05, 0) is 55.4 Å². The lowest BCUT2D eigenvalue weighted by Gasteiger charge is -2.27. The van der Waals surface area contributed by atoms with Crippen LogP contribution >= 0.6 is 0 Å². The lowest BCUT2D eigenvalue weighted by Crippen LogP contribution is -2.37. The lowest BCUT2D eigenvalue weighted by atomic mass is 9.84. The monoisotopic (exact) mass is 386 g/mol. The van der Waals surface area contributed by atoms with E-state index in [-0.39, 0.29) is 12.2 Å². The van der Waals surface area contributed by atoms with Gasteiger partial charge in [0.2, 0.25) is 0 Å². The van der Waals surface area contributed by atoms with Crippen molar-refractivity contribution >= 4 is 5.97 Å². The van der Waals surface area contributed by atoms with Gasteiger partial charge >= 0.3 is 12.1 Å². The average Bonchev–Trinajstić information content (AvgIpc) is 2.62. The first-order chi connectivity index (χ1) is 12.8. The third-order valence-electron chi connectivity index (χ3n) is 5.19. The van der Waals surface area contributed by atoms with Crippen LogP contribution in [-0.4, -0.2) is 23.4 Å². The fourth-order valence-corrected chi connectivity index (χ4v) is 3.58. The highest BCUT2D eigenvalue weighted by molar-refractivity contribution is 5.73. The molecule has 6 heteroatoms. The number of hydrogen-bond acceptors (Lipinski definition) is 3. The van der Waals surface area contributed by atoms with Gasteiger partial charge in [-0.15, -0.1) is 0 Å². The van der Waals surface area contributed by atoms with Crippen LogP contribution in [0.2, 0.25) is 0 Å². The second-order valence-corrected chi connectivity index (χ2v) is 7.42. The van der Waals surface area contributed by atoms with E-state index in [1.54, 1.807) is 12.1 Å². The zero-order valence-corrected chi connectivity index (χ0v) is 15.9. The number of phenols is 1. The van der Waals surface area contributed by atoms with Crippen molar-refractivity contribution in [2.45, 2.75) is 83.4 Å². The number of aromatic hydroxyl groups is 1. The van der Waals surface area contributed by atoms with E-state index in [2.05, 4.69) is 6.92 Å². The van der Waals surface area contributed by atoms with Crippen LogP contribution in [0.25, 0.3) is 0 Å². The highest BCUT2D eigenvalue weighted by Crippen LogP contribution is 2.32. The molecule has 0 spiro atoms. The van der Waals surface area contributed by atoms with Gasteiger partial charge in [0.1, 0.15) is 5.75 Å². The third kappa shape index (κ3) is 6.74. The molecule has 0 amide bonds. The molecule has 0 saturated heterocycles. The van der Waals surface area contributed by atoms with E-state index in [9.17, 15) is 23.1 Å². The fourth-order valence-electron chi connectivity index (χ4n) is 3.58. The summed E-state index contributed by atoms with van der Waals surface area (Å²) in [6, 6.07) is 4.90. The smallest absolute Gasteiger partial charge is 0.425 e.